The summed E-state index contributed by atoms with van der Waals surface area (Å²) in [6, 6.07) is 12.3. The SMILES string of the molecule is CCC(=O)N[C@@H]1N=C(c2ccc(Cl)cc2)c2cc(O)ccc2-n2c(C)nnc21. The predicted octanol–water partition coefficient (Wildman–Crippen LogP) is 3.31. The van der Waals surface area contributed by atoms with Crippen LogP contribution in [0.4, 0.5) is 0 Å². The highest BCUT2D eigenvalue weighted by Gasteiger charge is 2.29. The maximum absolute atomic E-state index is 12.1. The minimum absolute atomic E-state index is 0.115. The largest absolute Gasteiger partial charge is 0.508 e. The van der Waals surface area contributed by atoms with Gasteiger partial charge in [-0.1, -0.05) is 30.7 Å². The van der Waals surface area contributed by atoms with Crippen molar-refractivity contribution < 1.29 is 9.90 Å². The number of phenolic OH excluding ortho intramolecular Hbond substituents is 1. The van der Waals surface area contributed by atoms with Crippen LogP contribution < -0.4 is 5.32 Å². The van der Waals surface area contributed by atoms with Crippen LogP contribution >= 0.6 is 11.6 Å². The van der Waals surface area contributed by atoms with Crippen LogP contribution in [0.25, 0.3) is 5.69 Å². The Labute approximate surface area is 166 Å². The molecule has 4 rings (SSSR count). The fourth-order valence-electron chi connectivity index (χ4n) is 3.21. The molecule has 142 valence electrons. The summed E-state index contributed by atoms with van der Waals surface area (Å²) in [4.78, 5) is 16.9. The Bertz CT molecular complexity index is 1090. The molecule has 0 aliphatic carbocycles. The Kier molecular flexibility index (Phi) is 4.60. The highest BCUT2D eigenvalue weighted by atomic mass is 35.5. The van der Waals surface area contributed by atoms with E-state index in [-0.39, 0.29) is 11.7 Å². The zero-order chi connectivity index (χ0) is 19.8. The quantitative estimate of drug-likeness (QED) is 0.711. The van der Waals surface area contributed by atoms with Crippen LogP contribution in [-0.2, 0) is 4.79 Å². The number of aromatic nitrogens is 3. The number of benzene rings is 2. The minimum atomic E-state index is -0.714. The summed E-state index contributed by atoms with van der Waals surface area (Å²) in [7, 11) is 0. The van der Waals surface area contributed by atoms with Gasteiger partial charge in [-0.15, -0.1) is 10.2 Å². The molecule has 8 heteroatoms. The van der Waals surface area contributed by atoms with Crippen LogP contribution in [0, 0.1) is 6.92 Å². The number of nitrogens with zero attached hydrogens (tertiary/aromatic N) is 4. The van der Waals surface area contributed by atoms with Crippen LogP contribution in [0.3, 0.4) is 0 Å². The number of hydrogen-bond donors (Lipinski definition) is 2. The van der Waals surface area contributed by atoms with E-state index in [9.17, 15) is 9.90 Å². The summed E-state index contributed by atoms with van der Waals surface area (Å²) in [6.45, 7) is 3.61. The lowest BCUT2D eigenvalue weighted by atomic mass is 10.00. The standard InChI is InChI=1S/C20H18ClN5O2/c1-3-17(28)22-19-20-25-24-11(2)26(20)16-9-8-14(27)10-15(16)18(23-19)12-4-6-13(21)7-5-12/h4-10,19,27H,3H2,1-2H3,(H,22,28)/t19-/m1/s1. The van der Waals surface area contributed by atoms with Crippen molar-refractivity contribution >= 4 is 23.2 Å². The fourth-order valence-corrected chi connectivity index (χ4v) is 3.33. The molecule has 0 saturated heterocycles. The van der Waals surface area contributed by atoms with Crippen molar-refractivity contribution in [2.24, 2.45) is 4.99 Å². The van der Waals surface area contributed by atoms with E-state index in [0.717, 1.165) is 11.3 Å². The lowest BCUT2D eigenvalue weighted by molar-refractivity contribution is -0.121. The van der Waals surface area contributed by atoms with Gasteiger partial charge in [0.25, 0.3) is 0 Å². The molecule has 0 fully saturated rings. The molecule has 2 N–H and O–H groups in total. The number of fused-ring (bicyclic) bond motifs is 3. The molecule has 0 saturated carbocycles. The molecule has 1 atom stereocenters. The first-order valence-corrected chi connectivity index (χ1v) is 9.24. The molecule has 1 aliphatic heterocycles. The van der Waals surface area contributed by atoms with Gasteiger partial charge in [0.15, 0.2) is 12.0 Å². The lowest BCUT2D eigenvalue weighted by Crippen LogP contribution is -2.28. The maximum atomic E-state index is 12.1. The van der Waals surface area contributed by atoms with Gasteiger partial charge in [0.1, 0.15) is 11.6 Å². The Morgan fingerprint density at radius 3 is 2.68 bits per heavy atom. The number of halogens is 1. The second-order valence-corrected chi connectivity index (χ2v) is 6.89. The minimum Gasteiger partial charge on any atom is -0.508 e. The number of nitrogens with one attached hydrogen (secondary N) is 1. The molecule has 0 unspecified atom stereocenters. The van der Waals surface area contributed by atoms with Gasteiger partial charge in [-0.3, -0.25) is 14.4 Å². The number of amides is 1. The summed E-state index contributed by atoms with van der Waals surface area (Å²) in [5.74, 6) is 1.13. The summed E-state index contributed by atoms with van der Waals surface area (Å²) >= 11 is 6.04. The second-order valence-electron chi connectivity index (χ2n) is 6.45. The summed E-state index contributed by atoms with van der Waals surface area (Å²) in [6.07, 6.45) is -0.391. The first kappa shape index (κ1) is 18.2. The Hall–Kier alpha value is -3.19. The summed E-state index contributed by atoms with van der Waals surface area (Å²) in [5.41, 5.74) is 2.91. The first-order chi connectivity index (χ1) is 13.5. The zero-order valence-corrected chi connectivity index (χ0v) is 16.1. The number of aromatic hydroxyl groups is 1. The Balaban J connectivity index is 1.99. The van der Waals surface area contributed by atoms with Crippen molar-refractivity contribution in [3.8, 4) is 11.4 Å². The molecule has 2 aromatic carbocycles. The molecule has 2 heterocycles. The molecule has 3 aromatic rings. The van der Waals surface area contributed by atoms with Crippen LogP contribution in [0.15, 0.2) is 47.5 Å². The molecule has 0 bridgehead atoms. The van der Waals surface area contributed by atoms with Crippen LogP contribution in [0.5, 0.6) is 5.75 Å². The Morgan fingerprint density at radius 2 is 1.96 bits per heavy atom. The molecule has 0 radical (unpaired) electrons. The van der Waals surface area contributed by atoms with Gasteiger partial charge >= 0.3 is 0 Å². The number of aryl methyl sites for hydroxylation is 1. The monoisotopic (exact) mass is 395 g/mol. The summed E-state index contributed by atoms with van der Waals surface area (Å²) < 4.78 is 1.85. The number of carbonyl (C=O) groups is 1. The molecule has 1 amide bonds. The van der Waals surface area contributed by atoms with Crippen LogP contribution in [-0.4, -0.2) is 31.5 Å². The van der Waals surface area contributed by atoms with Gasteiger partial charge in [0.05, 0.1) is 11.4 Å². The van der Waals surface area contributed by atoms with E-state index in [2.05, 4.69) is 15.5 Å². The van der Waals surface area contributed by atoms with Crippen molar-refractivity contribution in [3.63, 3.8) is 0 Å². The van der Waals surface area contributed by atoms with E-state index in [0.29, 0.717) is 34.4 Å². The molecule has 7 nitrogen and oxygen atoms in total. The number of hydrogen-bond acceptors (Lipinski definition) is 5. The highest BCUT2D eigenvalue weighted by Crippen LogP contribution is 2.32. The molecule has 0 spiro atoms. The van der Waals surface area contributed by atoms with Gasteiger partial charge < -0.3 is 10.4 Å². The van der Waals surface area contributed by atoms with Crippen molar-refractivity contribution in [2.45, 2.75) is 26.4 Å². The van der Waals surface area contributed by atoms with Gasteiger partial charge in [-0.05, 0) is 37.3 Å². The van der Waals surface area contributed by atoms with E-state index < -0.39 is 6.17 Å². The average molecular weight is 396 g/mol. The molecule has 28 heavy (non-hydrogen) atoms. The van der Waals surface area contributed by atoms with E-state index in [4.69, 9.17) is 16.6 Å². The summed E-state index contributed by atoms with van der Waals surface area (Å²) in [5, 5.41) is 22.1. The zero-order valence-electron chi connectivity index (χ0n) is 15.3. The molecule has 1 aliphatic rings. The van der Waals surface area contributed by atoms with Gasteiger partial charge in [-0.2, -0.15) is 0 Å². The fraction of sp³-hybridized carbons (Fsp3) is 0.200. The third-order valence-electron chi connectivity index (χ3n) is 4.57. The second kappa shape index (κ2) is 7.09. The number of aliphatic imine (C=N–C) groups is 1. The number of rotatable bonds is 3. The smallest absolute Gasteiger partial charge is 0.221 e. The average Bonchev–Trinajstić information content (AvgIpc) is 3.01. The van der Waals surface area contributed by atoms with Crippen molar-refractivity contribution in [1.29, 1.82) is 0 Å². The van der Waals surface area contributed by atoms with Gasteiger partial charge in [-0.25, -0.2) is 0 Å². The predicted molar refractivity (Wildman–Crippen MR) is 106 cm³/mol. The third kappa shape index (κ3) is 3.14. The normalized spacial score (nSPS) is 15.2. The topological polar surface area (TPSA) is 92.4 Å². The van der Waals surface area contributed by atoms with Crippen molar-refractivity contribution in [1.82, 2.24) is 20.1 Å². The van der Waals surface area contributed by atoms with Gasteiger partial charge in [0, 0.05) is 22.6 Å². The van der Waals surface area contributed by atoms with Gasteiger partial charge in [0.2, 0.25) is 5.91 Å². The van der Waals surface area contributed by atoms with E-state index in [1.165, 1.54) is 0 Å². The lowest BCUT2D eigenvalue weighted by Gasteiger charge is -2.13. The molecular formula is C20H18ClN5O2. The van der Waals surface area contributed by atoms with E-state index in [1.54, 1.807) is 37.3 Å². The molecular weight excluding hydrogens is 378 g/mol. The third-order valence-corrected chi connectivity index (χ3v) is 4.82. The van der Waals surface area contributed by atoms with Crippen LogP contribution in [0.2, 0.25) is 5.02 Å². The molecule has 1 aromatic heterocycles. The van der Waals surface area contributed by atoms with Crippen molar-refractivity contribution in [2.75, 3.05) is 0 Å². The maximum Gasteiger partial charge on any atom is 0.221 e. The Morgan fingerprint density at radius 1 is 1.21 bits per heavy atom. The first-order valence-electron chi connectivity index (χ1n) is 8.86. The van der Waals surface area contributed by atoms with Crippen molar-refractivity contribution in [3.05, 3.63) is 70.3 Å². The van der Waals surface area contributed by atoms with Crippen LogP contribution in [0.1, 0.15) is 42.3 Å². The van der Waals surface area contributed by atoms with E-state index >= 15 is 0 Å². The number of phenols is 1. The number of carbonyl (C=O) groups excluding carboxylic acids is 1. The van der Waals surface area contributed by atoms with E-state index in [1.807, 2.05) is 23.6 Å². The highest BCUT2D eigenvalue weighted by molar-refractivity contribution is 6.30.